The van der Waals surface area contributed by atoms with Crippen LogP contribution in [0.15, 0.2) is 36.4 Å². The molecule has 3 heterocycles. The zero-order valence-electron chi connectivity index (χ0n) is 21.9. The van der Waals surface area contributed by atoms with Gasteiger partial charge in [-0.3, -0.25) is 4.79 Å². The van der Waals surface area contributed by atoms with Crippen LogP contribution in [0, 0.1) is 5.92 Å². The zero-order chi connectivity index (χ0) is 26.3. The molecule has 3 N–H and O–H groups in total. The normalized spacial score (nSPS) is 21.5. The van der Waals surface area contributed by atoms with Crippen LogP contribution in [0.25, 0.3) is 0 Å². The van der Waals surface area contributed by atoms with Gasteiger partial charge in [0.15, 0.2) is 0 Å². The number of nitrogens with one attached hydrogen (secondary N) is 2. The molecule has 3 aliphatic rings. The summed E-state index contributed by atoms with van der Waals surface area (Å²) in [6.45, 7) is 3.91. The molecule has 9 heteroatoms. The first-order chi connectivity index (χ1) is 18.6. The van der Waals surface area contributed by atoms with E-state index in [4.69, 9.17) is 14.5 Å². The van der Waals surface area contributed by atoms with Gasteiger partial charge in [0.05, 0.1) is 24.9 Å². The minimum atomic E-state index is -1.05. The second kappa shape index (κ2) is 12.6. The number of para-hydroxylation sites is 1. The summed E-state index contributed by atoms with van der Waals surface area (Å²) in [6.07, 6.45) is 6.68. The predicted molar refractivity (Wildman–Crippen MR) is 145 cm³/mol. The Morgan fingerprint density at radius 2 is 2.00 bits per heavy atom. The smallest absolute Gasteiger partial charge is 0.326 e. The number of pyridine rings is 1. The van der Waals surface area contributed by atoms with Gasteiger partial charge in [-0.05, 0) is 68.2 Å². The largest absolute Gasteiger partial charge is 0.480 e. The minimum Gasteiger partial charge on any atom is -0.480 e. The molecule has 0 spiro atoms. The molecule has 1 saturated heterocycles. The number of carboxylic acids is 1. The third-order valence-corrected chi connectivity index (χ3v) is 7.82. The number of ether oxygens (including phenoxy) is 2. The molecule has 1 saturated carbocycles. The van der Waals surface area contributed by atoms with Crippen LogP contribution in [0.5, 0.6) is 0 Å². The molecule has 0 bridgehead atoms. The molecule has 38 heavy (non-hydrogen) atoms. The fourth-order valence-electron chi connectivity index (χ4n) is 5.50. The predicted octanol–water partition coefficient (Wildman–Crippen LogP) is 3.28. The molecule has 1 aliphatic carbocycles. The van der Waals surface area contributed by atoms with Crippen LogP contribution in [-0.4, -0.2) is 73.6 Å². The SMILES string of the molecule is O=C(N[C@@H](CCOC1CC(CCc2ccc3c(n2)NCCC3)C1)C(=O)O)c1ccccc1N1CCOCC1. The second-order valence-corrected chi connectivity index (χ2v) is 10.5. The number of carbonyl (C=O) groups is 2. The highest BCUT2D eigenvalue weighted by Crippen LogP contribution is 2.34. The molecule has 2 aromatic rings. The number of hydrogen-bond donors (Lipinski definition) is 3. The van der Waals surface area contributed by atoms with Crippen molar-refractivity contribution in [3.63, 3.8) is 0 Å². The van der Waals surface area contributed by atoms with Gasteiger partial charge < -0.3 is 30.1 Å². The number of fused-ring (bicyclic) bond motifs is 1. The number of hydrogen-bond acceptors (Lipinski definition) is 7. The average Bonchev–Trinajstić information content (AvgIpc) is 2.93. The van der Waals surface area contributed by atoms with E-state index >= 15 is 0 Å². The topological polar surface area (TPSA) is 113 Å². The molecule has 1 amide bonds. The third-order valence-electron chi connectivity index (χ3n) is 7.82. The Morgan fingerprint density at radius 1 is 1.18 bits per heavy atom. The molecule has 204 valence electrons. The van der Waals surface area contributed by atoms with Gasteiger partial charge in [-0.2, -0.15) is 0 Å². The van der Waals surface area contributed by atoms with Crippen molar-refractivity contribution in [3.8, 4) is 0 Å². The van der Waals surface area contributed by atoms with E-state index in [9.17, 15) is 14.7 Å². The van der Waals surface area contributed by atoms with Gasteiger partial charge in [0.2, 0.25) is 0 Å². The number of aryl methyl sites for hydroxylation is 2. The van der Waals surface area contributed by atoms with Gasteiger partial charge in [0.25, 0.3) is 5.91 Å². The molecular formula is C29H38N4O5. The van der Waals surface area contributed by atoms with E-state index in [-0.39, 0.29) is 18.4 Å². The van der Waals surface area contributed by atoms with Crippen LogP contribution in [0.4, 0.5) is 11.5 Å². The Kier molecular flexibility index (Phi) is 8.75. The summed E-state index contributed by atoms with van der Waals surface area (Å²) < 4.78 is 11.4. The summed E-state index contributed by atoms with van der Waals surface area (Å²) in [6, 6.07) is 10.7. The summed E-state index contributed by atoms with van der Waals surface area (Å²) in [7, 11) is 0. The molecular weight excluding hydrogens is 484 g/mol. The summed E-state index contributed by atoms with van der Waals surface area (Å²) >= 11 is 0. The molecule has 2 fully saturated rings. The van der Waals surface area contributed by atoms with Gasteiger partial charge in [-0.25, -0.2) is 9.78 Å². The number of carbonyl (C=O) groups excluding carboxylic acids is 1. The standard InChI is InChI=1S/C29H38N4O5/c34-28(24-5-1-2-6-26(24)33-13-16-37-17-14-33)32-25(29(35)36)11-15-38-23-18-20(19-23)7-9-22-10-8-21-4-3-12-30-27(21)31-22/h1-2,5-6,8,10,20,23,25H,3-4,7,9,11-19H2,(H,30,31)(H,32,34)(H,35,36)/t20?,23?,25-/m0/s1. The fourth-order valence-corrected chi connectivity index (χ4v) is 5.50. The molecule has 5 rings (SSSR count). The lowest BCUT2D eigenvalue weighted by Gasteiger charge is -2.35. The zero-order valence-corrected chi connectivity index (χ0v) is 21.9. The first-order valence-electron chi connectivity index (χ1n) is 13.9. The van der Waals surface area contributed by atoms with Gasteiger partial charge in [-0.1, -0.05) is 18.2 Å². The van der Waals surface area contributed by atoms with Gasteiger partial charge in [-0.15, -0.1) is 0 Å². The molecule has 0 radical (unpaired) electrons. The summed E-state index contributed by atoms with van der Waals surface area (Å²) in [4.78, 5) is 31.8. The first-order valence-corrected chi connectivity index (χ1v) is 13.9. The number of morpholine rings is 1. The molecule has 9 nitrogen and oxygen atoms in total. The van der Waals surface area contributed by atoms with E-state index in [1.807, 2.05) is 12.1 Å². The van der Waals surface area contributed by atoms with Gasteiger partial charge in [0.1, 0.15) is 11.9 Å². The Labute approximate surface area is 223 Å². The summed E-state index contributed by atoms with van der Waals surface area (Å²) in [5, 5.41) is 15.8. The highest BCUT2D eigenvalue weighted by Gasteiger charge is 2.30. The maximum Gasteiger partial charge on any atom is 0.326 e. The number of aromatic nitrogens is 1. The van der Waals surface area contributed by atoms with E-state index in [1.54, 1.807) is 12.1 Å². The van der Waals surface area contributed by atoms with Crippen molar-refractivity contribution in [2.75, 3.05) is 49.7 Å². The monoisotopic (exact) mass is 522 g/mol. The van der Waals surface area contributed by atoms with Crippen molar-refractivity contribution >= 4 is 23.4 Å². The van der Waals surface area contributed by atoms with Crippen LogP contribution in [-0.2, 0) is 27.1 Å². The van der Waals surface area contributed by atoms with Crippen molar-refractivity contribution in [2.45, 2.75) is 57.1 Å². The lowest BCUT2D eigenvalue weighted by molar-refractivity contribution is -0.140. The van der Waals surface area contributed by atoms with Crippen molar-refractivity contribution in [1.82, 2.24) is 10.3 Å². The van der Waals surface area contributed by atoms with Crippen LogP contribution in [0.1, 0.15) is 53.7 Å². The van der Waals surface area contributed by atoms with Crippen LogP contribution >= 0.6 is 0 Å². The number of anilines is 2. The second-order valence-electron chi connectivity index (χ2n) is 10.5. The van der Waals surface area contributed by atoms with E-state index in [1.165, 1.54) is 12.0 Å². The average molecular weight is 523 g/mol. The summed E-state index contributed by atoms with van der Waals surface area (Å²) in [5.74, 6) is 0.226. The third kappa shape index (κ3) is 6.63. The number of amides is 1. The lowest BCUT2D eigenvalue weighted by Crippen LogP contribution is -2.43. The first kappa shape index (κ1) is 26.4. The number of rotatable bonds is 11. The minimum absolute atomic E-state index is 0.158. The Bertz CT molecular complexity index is 1110. The maximum absolute atomic E-state index is 13.0. The molecule has 1 atom stereocenters. The van der Waals surface area contributed by atoms with E-state index < -0.39 is 12.0 Å². The van der Waals surface area contributed by atoms with Crippen LogP contribution in [0.3, 0.4) is 0 Å². The molecule has 0 unspecified atom stereocenters. The lowest BCUT2D eigenvalue weighted by atomic mass is 9.79. The fraction of sp³-hybridized carbons (Fsp3) is 0.552. The maximum atomic E-state index is 13.0. The number of nitrogens with zero attached hydrogens (tertiary/aromatic N) is 2. The van der Waals surface area contributed by atoms with Gasteiger partial charge >= 0.3 is 5.97 Å². The molecule has 2 aliphatic heterocycles. The van der Waals surface area contributed by atoms with Gasteiger partial charge in [0, 0.05) is 44.0 Å². The number of aliphatic carboxylic acids is 1. The van der Waals surface area contributed by atoms with Crippen molar-refractivity contribution in [2.24, 2.45) is 5.92 Å². The van der Waals surface area contributed by atoms with E-state index in [0.717, 1.165) is 55.8 Å². The highest BCUT2D eigenvalue weighted by molar-refractivity contribution is 6.01. The Morgan fingerprint density at radius 3 is 2.82 bits per heavy atom. The van der Waals surface area contributed by atoms with E-state index in [0.29, 0.717) is 44.4 Å². The Hall–Kier alpha value is -3.17. The summed E-state index contributed by atoms with van der Waals surface area (Å²) in [5.41, 5.74) is 3.73. The highest BCUT2D eigenvalue weighted by atomic mass is 16.5. The molecule has 1 aromatic heterocycles. The van der Waals surface area contributed by atoms with Crippen molar-refractivity contribution in [1.29, 1.82) is 0 Å². The van der Waals surface area contributed by atoms with Crippen LogP contribution < -0.4 is 15.5 Å². The Balaban J connectivity index is 1.04. The van der Waals surface area contributed by atoms with Crippen LogP contribution in [0.2, 0.25) is 0 Å². The number of benzene rings is 1. The number of carboxylic acid groups (broad SMARTS) is 1. The molecule has 1 aromatic carbocycles. The van der Waals surface area contributed by atoms with E-state index in [2.05, 4.69) is 27.7 Å². The van der Waals surface area contributed by atoms with Crippen molar-refractivity contribution < 1.29 is 24.2 Å². The van der Waals surface area contributed by atoms with Crippen molar-refractivity contribution in [3.05, 3.63) is 53.2 Å². The quantitative estimate of drug-likeness (QED) is 0.412.